The number of esters is 1. The van der Waals surface area contributed by atoms with E-state index in [1.165, 1.54) is 6.92 Å². The zero-order valence-corrected chi connectivity index (χ0v) is 15.4. The van der Waals surface area contributed by atoms with Crippen LogP contribution in [0.5, 0.6) is 0 Å². The minimum atomic E-state index is -0.977. The van der Waals surface area contributed by atoms with Crippen molar-refractivity contribution in [1.82, 2.24) is 5.32 Å². The maximum atomic E-state index is 12.0. The van der Waals surface area contributed by atoms with Crippen LogP contribution < -0.4 is 5.32 Å². The summed E-state index contributed by atoms with van der Waals surface area (Å²) in [6.45, 7) is 3.16. The van der Waals surface area contributed by atoms with Crippen molar-refractivity contribution in [2.45, 2.75) is 58.2 Å². The van der Waals surface area contributed by atoms with E-state index in [4.69, 9.17) is 19.3 Å². The van der Waals surface area contributed by atoms with Gasteiger partial charge in [0.2, 0.25) is 6.29 Å². The third-order valence-corrected chi connectivity index (χ3v) is 4.35. The van der Waals surface area contributed by atoms with Crippen molar-refractivity contribution in [2.24, 2.45) is 5.92 Å². The number of carboxylic acids is 1. The molecule has 0 bridgehead atoms. The van der Waals surface area contributed by atoms with E-state index in [9.17, 15) is 14.4 Å². The smallest absolute Gasteiger partial charge is 0.407 e. The number of carbonyl (C=O) groups excluding carboxylic acids is 2. The molecule has 1 aromatic carbocycles. The average Bonchev–Trinajstić information content (AvgIpc) is 2.61. The molecular formula is C19H25NO7. The summed E-state index contributed by atoms with van der Waals surface area (Å²) >= 11 is 0. The fourth-order valence-corrected chi connectivity index (χ4v) is 2.99. The highest BCUT2D eigenvalue weighted by molar-refractivity contribution is 5.68. The molecule has 4 atom stereocenters. The highest BCUT2D eigenvalue weighted by Crippen LogP contribution is 2.30. The second kappa shape index (κ2) is 9.91. The molecular weight excluding hydrogens is 354 g/mol. The van der Waals surface area contributed by atoms with Crippen molar-refractivity contribution in [3.8, 4) is 0 Å². The molecule has 148 valence electrons. The highest BCUT2D eigenvalue weighted by atomic mass is 16.7. The van der Waals surface area contributed by atoms with E-state index < -0.39 is 42.4 Å². The Morgan fingerprint density at radius 3 is 2.59 bits per heavy atom. The molecule has 0 saturated carbocycles. The molecule has 1 heterocycles. The molecule has 0 aromatic heterocycles. The maximum Gasteiger partial charge on any atom is 0.407 e. The fraction of sp³-hybridized carbons (Fsp3) is 0.526. The van der Waals surface area contributed by atoms with Crippen LogP contribution in [0, 0.1) is 5.92 Å². The number of alkyl carbamates (subject to hydrolysis) is 1. The fourth-order valence-electron chi connectivity index (χ4n) is 2.99. The van der Waals surface area contributed by atoms with Crippen LogP contribution in [0.1, 0.15) is 38.7 Å². The molecule has 1 aliphatic heterocycles. The number of ether oxygens (including phenoxy) is 3. The van der Waals surface area contributed by atoms with E-state index in [0.29, 0.717) is 12.8 Å². The third-order valence-electron chi connectivity index (χ3n) is 4.35. The Bertz CT molecular complexity index is 649. The van der Waals surface area contributed by atoms with Crippen LogP contribution in [-0.2, 0) is 30.4 Å². The minimum absolute atomic E-state index is 0.147. The first kappa shape index (κ1) is 20.7. The Kier molecular flexibility index (Phi) is 7.60. The number of hydrogen-bond acceptors (Lipinski definition) is 6. The first-order valence-corrected chi connectivity index (χ1v) is 8.87. The van der Waals surface area contributed by atoms with Crippen LogP contribution in [-0.4, -0.2) is 41.6 Å². The number of carboxylic acid groups (broad SMARTS) is 1. The van der Waals surface area contributed by atoms with E-state index in [2.05, 4.69) is 5.32 Å². The van der Waals surface area contributed by atoms with Gasteiger partial charge >= 0.3 is 18.0 Å². The zero-order valence-electron chi connectivity index (χ0n) is 15.4. The molecule has 1 amide bonds. The molecule has 2 N–H and O–H groups in total. The summed E-state index contributed by atoms with van der Waals surface area (Å²) in [6, 6.07) is 8.91. The van der Waals surface area contributed by atoms with Crippen molar-refractivity contribution in [2.75, 3.05) is 0 Å². The SMILES string of the molecule is CC(=O)OC1O[C@H]([C@@H](C)NC(=O)OCc2ccccc2)CCC1CC(=O)O. The maximum absolute atomic E-state index is 12.0. The van der Waals surface area contributed by atoms with Gasteiger partial charge in [-0.15, -0.1) is 0 Å². The number of nitrogens with one attached hydrogen (secondary N) is 1. The van der Waals surface area contributed by atoms with Gasteiger partial charge in [-0.1, -0.05) is 30.3 Å². The van der Waals surface area contributed by atoms with Crippen molar-refractivity contribution < 1.29 is 33.7 Å². The second-order valence-corrected chi connectivity index (χ2v) is 6.58. The van der Waals surface area contributed by atoms with Gasteiger partial charge in [-0.05, 0) is 25.3 Å². The van der Waals surface area contributed by atoms with Gasteiger partial charge in [0.1, 0.15) is 6.61 Å². The molecule has 1 aromatic rings. The zero-order chi connectivity index (χ0) is 19.8. The van der Waals surface area contributed by atoms with Gasteiger partial charge in [0.25, 0.3) is 0 Å². The molecule has 2 unspecified atom stereocenters. The molecule has 27 heavy (non-hydrogen) atoms. The lowest BCUT2D eigenvalue weighted by molar-refractivity contribution is -0.224. The number of carbonyl (C=O) groups is 3. The van der Waals surface area contributed by atoms with Gasteiger partial charge in [0, 0.05) is 12.8 Å². The molecule has 1 fully saturated rings. The lowest BCUT2D eigenvalue weighted by atomic mass is 9.91. The van der Waals surface area contributed by atoms with Gasteiger partial charge < -0.3 is 24.6 Å². The number of hydrogen-bond donors (Lipinski definition) is 2. The summed E-state index contributed by atoms with van der Waals surface area (Å²) in [5.74, 6) is -1.94. The summed E-state index contributed by atoms with van der Waals surface area (Å²) < 4.78 is 16.1. The van der Waals surface area contributed by atoms with Crippen LogP contribution in [0.2, 0.25) is 0 Å². The van der Waals surface area contributed by atoms with Crippen molar-refractivity contribution in [3.63, 3.8) is 0 Å². The van der Waals surface area contributed by atoms with E-state index in [1.807, 2.05) is 30.3 Å². The Balaban J connectivity index is 1.85. The standard InChI is InChI=1S/C19H25NO7/c1-12(20-19(24)25-11-14-6-4-3-5-7-14)16-9-8-15(10-17(22)23)18(27-16)26-13(2)21/h3-7,12,15-16,18H,8-11H2,1-2H3,(H,20,24)(H,22,23)/t12-,15?,16+,18?/m1/s1. The lowest BCUT2D eigenvalue weighted by Gasteiger charge is -2.37. The summed E-state index contributed by atoms with van der Waals surface area (Å²) in [7, 11) is 0. The molecule has 8 heteroatoms. The number of amides is 1. The third kappa shape index (κ3) is 6.90. The van der Waals surface area contributed by atoms with E-state index in [1.54, 1.807) is 6.92 Å². The molecule has 2 rings (SSSR count). The first-order valence-electron chi connectivity index (χ1n) is 8.87. The summed E-state index contributed by atoms with van der Waals surface area (Å²) in [5.41, 5.74) is 0.876. The van der Waals surface area contributed by atoms with Crippen molar-refractivity contribution >= 4 is 18.0 Å². The second-order valence-electron chi connectivity index (χ2n) is 6.58. The van der Waals surface area contributed by atoms with Crippen LogP contribution in [0.25, 0.3) is 0 Å². The largest absolute Gasteiger partial charge is 0.481 e. The Hall–Kier alpha value is -2.61. The molecule has 0 spiro atoms. The Labute approximate surface area is 157 Å². The predicted molar refractivity (Wildman–Crippen MR) is 94.6 cm³/mol. The highest BCUT2D eigenvalue weighted by Gasteiger charge is 2.37. The lowest BCUT2D eigenvalue weighted by Crippen LogP contribution is -2.49. The van der Waals surface area contributed by atoms with E-state index >= 15 is 0 Å². The van der Waals surface area contributed by atoms with Gasteiger partial charge in [0.05, 0.1) is 18.6 Å². The summed E-state index contributed by atoms with van der Waals surface area (Å²) in [6.07, 6.45) is -1.03. The summed E-state index contributed by atoms with van der Waals surface area (Å²) in [4.78, 5) is 34.2. The van der Waals surface area contributed by atoms with Gasteiger partial charge in [-0.2, -0.15) is 0 Å². The van der Waals surface area contributed by atoms with E-state index in [0.717, 1.165) is 5.56 Å². The normalized spacial score (nSPS) is 23.1. The minimum Gasteiger partial charge on any atom is -0.481 e. The molecule has 0 aliphatic carbocycles. The summed E-state index contributed by atoms with van der Waals surface area (Å²) in [5, 5.41) is 11.7. The van der Waals surface area contributed by atoms with E-state index in [-0.39, 0.29) is 13.0 Å². The molecule has 1 aliphatic rings. The number of rotatable bonds is 7. The average molecular weight is 379 g/mol. The number of aliphatic carboxylic acids is 1. The predicted octanol–water partition coefficient (Wildman–Crippen LogP) is 2.46. The van der Waals surface area contributed by atoms with Gasteiger partial charge in [-0.3, -0.25) is 9.59 Å². The molecule has 8 nitrogen and oxygen atoms in total. The van der Waals surface area contributed by atoms with Crippen LogP contribution in [0.4, 0.5) is 4.79 Å². The topological polar surface area (TPSA) is 111 Å². The van der Waals surface area contributed by atoms with Crippen LogP contribution in [0.3, 0.4) is 0 Å². The quantitative estimate of drug-likeness (QED) is 0.700. The van der Waals surface area contributed by atoms with Gasteiger partial charge in [0.15, 0.2) is 0 Å². The van der Waals surface area contributed by atoms with Crippen LogP contribution in [0.15, 0.2) is 30.3 Å². The van der Waals surface area contributed by atoms with Crippen molar-refractivity contribution in [3.05, 3.63) is 35.9 Å². The Morgan fingerprint density at radius 1 is 1.26 bits per heavy atom. The van der Waals surface area contributed by atoms with Crippen LogP contribution >= 0.6 is 0 Å². The monoisotopic (exact) mass is 379 g/mol. The molecule has 1 saturated heterocycles. The van der Waals surface area contributed by atoms with Crippen molar-refractivity contribution in [1.29, 1.82) is 0 Å². The Morgan fingerprint density at radius 2 is 1.96 bits per heavy atom. The molecule has 0 radical (unpaired) electrons. The number of benzene rings is 1. The first-order chi connectivity index (χ1) is 12.8. The van der Waals surface area contributed by atoms with Gasteiger partial charge in [-0.25, -0.2) is 4.79 Å².